The van der Waals surface area contributed by atoms with E-state index in [2.05, 4.69) is 10.3 Å². The Kier molecular flexibility index (Phi) is 4.79. The molecule has 2 aromatic carbocycles. The Balaban J connectivity index is 1.93. The number of imide groups is 2. The van der Waals surface area contributed by atoms with Crippen molar-refractivity contribution in [3.05, 3.63) is 54.1 Å². The quantitative estimate of drug-likeness (QED) is 0.677. The molecule has 0 aliphatic carbocycles. The van der Waals surface area contributed by atoms with Crippen LogP contribution in [0.5, 0.6) is 5.75 Å². The summed E-state index contributed by atoms with van der Waals surface area (Å²) in [5, 5.41) is 2.19. The van der Waals surface area contributed by atoms with E-state index in [0.717, 1.165) is 10.5 Å². The first kappa shape index (κ1) is 17.3. The van der Waals surface area contributed by atoms with E-state index in [1.807, 2.05) is 25.1 Å². The third kappa shape index (κ3) is 3.32. The monoisotopic (exact) mass is 351 g/mol. The summed E-state index contributed by atoms with van der Waals surface area (Å²) in [6.07, 6.45) is 1.25. The summed E-state index contributed by atoms with van der Waals surface area (Å²) in [6, 6.07) is 13.1. The summed E-state index contributed by atoms with van der Waals surface area (Å²) in [6.45, 7) is 1.92. The Morgan fingerprint density at radius 2 is 1.88 bits per heavy atom. The molecular formula is C19H17N3O4. The van der Waals surface area contributed by atoms with Crippen LogP contribution in [0.3, 0.4) is 0 Å². The first-order chi connectivity index (χ1) is 12.5. The zero-order valence-corrected chi connectivity index (χ0v) is 14.3. The summed E-state index contributed by atoms with van der Waals surface area (Å²) in [5.41, 5.74) is 1.88. The summed E-state index contributed by atoms with van der Waals surface area (Å²) in [5.74, 6) is -2.25. The molecule has 26 heavy (non-hydrogen) atoms. The van der Waals surface area contributed by atoms with Crippen molar-refractivity contribution in [2.75, 3.05) is 12.0 Å². The fraction of sp³-hybridized carbons (Fsp3) is 0.158. The summed E-state index contributed by atoms with van der Waals surface area (Å²) < 4.78 is 5.21. The van der Waals surface area contributed by atoms with Gasteiger partial charge < -0.3 is 4.74 Å². The number of methoxy groups -OCH3 is 1. The Bertz CT molecular complexity index is 907. The molecule has 0 aromatic heterocycles. The molecule has 4 amide bonds. The SMILES string of the molecule is COc1ccccc1N1C(=O)NC(=O)[C@H](C=Nc2cccc(C)c2)C1=O. The lowest BCUT2D eigenvalue weighted by Gasteiger charge is -2.29. The molecule has 1 saturated heterocycles. The topological polar surface area (TPSA) is 88.1 Å². The summed E-state index contributed by atoms with van der Waals surface area (Å²) in [4.78, 5) is 42.3. The van der Waals surface area contributed by atoms with E-state index >= 15 is 0 Å². The van der Waals surface area contributed by atoms with Gasteiger partial charge in [0.1, 0.15) is 5.75 Å². The lowest BCUT2D eigenvalue weighted by molar-refractivity contribution is -0.131. The standard InChI is InChI=1S/C19H17N3O4/c1-12-6-5-7-13(10-12)20-11-14-17(23)21-19(25)22(18(14)24)15-8-3-4-9-16(15)26-2/h3-11,14H,1-2H3,(H,21,23,25)/t14-/m0/s1. The molecule has 132 valence electrons. The summed E-state index contributed by atoms with van der Waals surface area (Å²) in [7, 11) is 1.44. The molecule has 0 spiro atoms. The Hall–Kier alpha value is -3.48. The van der Waals surface area contributed by atoms with Gasteiger partial charge in [-0.1, -0.05) is 24.3 Å². The molecule has 0 radical (unpaired) electrons. The smallest absolute Gasteiger partial charge is 0.335 e. The van der Waals surface area contributed by atoms with E-state index < -0.39 is 23.8 Å². The van der Waals surface area contributed by atoms with Gasteiger partial charge in [-0.3, -0.25) is 19.9 Å². The van der Waals surface area contributed by atoms with E-state index in [1.165, 1.54) is 13.3 Å². The van der Waals surface area contributed by atoms with Crippen molar-refractivity contribution in [2.24, 2.45) is 10.9 Å². The third-order valence-electron chi connectivity index (χ3n) is 3.90. The minimum atomic E-state index is -1.21. The lowest BCUT2D eigenvalue weighted by atomic mass is 10.1. The molecule has 0 unspecified atom stereocenters. The number of barbiturate groups is 1. The van der Waals surface area contributed by atoms with Gasteiger partial charge in [0.25, 0.3) is 5.91 Å². The molecule has 7 heteroatoms. The number of urea groups is 1. The molecule has 1 heterocycles. The minimum Gasteiger partial charge on any atom is -0.495 e. The molecule has 0 saturated carbocycles. The summed E-state index contributed by atoms with van der Waals surface area (Å²) >= 11 is 0. The van der Waals surface area contributed by atoms with E-state index in [4.69, 9.17) is 4.74 Å². The number of nitrogens with zero attached hydrogens (tertiary/aromatic N) is 2. The Morgan fingerprint density at radius 3 is 2.62 bits per heavy atom. The number of ether oxygens (including phenoxy) is 1. The lowest BCUT2D eigenvalue weighted by Crippen LogP contribution is -2.58. The molecule has 7 nitrogen and oxygen atoms in total. The zero-order valence-electron chi connectivity index (χ0n) is 14.3. The number of aryl methyl sites for hydroxylation is 1. The minimum absolute atomic E-state index is 0.263. The van der Waals surface area contributed by atoms with Crippen LogP contribution in [0.4, 0.5) is 16.2 Å². The van der Waals surface area contributed by atoms with Crippen molar-refractivity contribution >= 4 is 35.4 Å². The van der Waals surface area contributed by atoms with Crippen molar-refractivity contribution in [1.29, 1.82) is 0 Å². The average molecular weight is 351 g/mol. The number of hydrogen-bond donors (Lipinski definition) is 1. The highest BCUT2D eigenvalue weighted by atomic mass is 16.5. The number of amides is 4. The van der Waals surface area contributed by atoms with E-state index in [-0.39, 0.29) is 5.69 Å². The second kappa shape index (κ2) is 7.18. The van der Waals surface area contributed by atoms with Crippen molar-refractivity contribution in [2.45, 2.75) is 6.92 Å². The Labute approximate surface area is 150 Å². The van der Waals surface area contributed by atoms with E-state index in [9.17, 15) is 14.4 Å². The second-order valence-electron chi connectivity index (χ2n) is 5.73. The molecule has 2 aromatic rings. The second-order valence-corrected chi connectivity index (χ2v) is 5.73. The molecule has 1 N–H and O–H groups in total. The fourth-order valence-corrected chi connectivity index (χ4v) is 2.63. The molecular weight excluding hydrogens is 334 g/mol. The molecule has 1 aliphatic heterocycles. The van der Waals surface area contributed by atoms with Crippen molar-refractivity contribution in [1.82, 2.24) is 5.32 Å². The molecule has 0 bridgehead atoms. The first-order valence-electron chi connectivity index (χ1n) is 7.94. The number of nitrogens with one attached hydrogen (secondary N) is 1. The van der Waals surface area contributed by atoms with Gasteiger partial charge in [0.2, 0.25) is 5.91 Å². The predicted molar refractivity (Wildman–Crippen MR) is 96.8 cm³/mol. The zero-order chi connectivity index (χ0) is 18.7. The van der Waals surface area contributed by atoms with E-state index in [0.29, 0.717) is 11.4 Å². The van der Waals surface area contributed by atoms with Crippen LogP contribution in [0, 0.1) is 12.8 Å². The van der Waals surface area contributed by atoms with Gasteiger partial charge in [-0.05, 0) is 36.8 Å². The number of carbonyl (C=O) groups excluding carboxylic acids is 3. The number of para-hydroxylation sites is 2. The maximum atomic E-state index is 12.8. The van der Waals surface area contributed by atoms with Gasteiger partial charge in [-0.2, -0.15) is 0 Å². The maximum absolute atomic E-state index is 12.8. The number of benzene rings is 2. The molecule has 1 atom stereocenters. The van der Waals surface area contributed by atoms with Crippen molar-refractivity contribution < 1.29 is 19.1 Å². The van der Waals surface area contributed by atoms with Gasteiger partial charge >= 0.3 is 6.03 Å². The number of anilines is 1. The molecule has 3 rings (SSSR count). The maximum Gasteiger partial charge on any atom is 0.335 e. The molecule has 1 fully saturated rings. The normalized spacial score (nSPS) is 17.5. The number of carbonyl (C=O) groups is 3. The number of aliphatic imine (C=N–C) groups is 1. The van der Waals surface area contributed by atoms with Crippen LogP contribution < -0.4 is 15.0 Å². The van der Waals surface area contributed by atoms with E-state index in [1.54, 1.807) is 30.3 Å². The van der Waals surface area contributed by atoms with Crippen LogP contribution in [-0.4, -0.2) is 31.2 Å². The highest BCUT2D eigenvalue weighted by Gasteiger charge is 2.41. The van der Waals surface area contributed by atoms with Crippen LogP contribution >= 0.6 is 0 Å². The van der Waals surface area contributed by atoms with Crippen LogP contribution in [0.25, 0.3) is 0 Å². The first-order valence-corrected chi connectivity index (χ1v) is 7.94. The number of hydrogen-bond acceptors (Lipinski definition) is 5. The van der Waals surface area contributed by atoms with Gasteiger partial charge in [0, 0.05) is 6.21 Å². The van der Waals surface area contributed by atoms with Crippen LogP contribution in [0.1, 0.15) is 5.56 Å². The van der Waals surface area contributed by atoms with Crippen LogP contribution in [0.2, 0.25) is 0 Å². The highest BCUT2D eigenvalue weighted by molar-refractivity contribution is 6.33. The van der Waals surface area contributed by atoms with Gasteiger partial charge in [0.05, 0.1) is 18.5 Å². The number of rotatable bonds is 4. The highest BCUT2D eigenvalue weighted by Crippen LogP contribution is 2.30. The van der Waals surface area contributed by atoms with Crippen LogP contribution in [-0.2, 0) is 9.59 Å². The van der Waals surface area contributed by atoms with Gasteiger partial charge in [0.15, 0.2) is 5.92 Å². The van der Waals surface area contributed by atoms with Crippen LogP contribution in [0.15, 0.2) is 53.5 Å². The largest absolute Gasteiger partial charge is 0.495 e. The fourth-order valence-electron chi connectivity index (χ4n) is 2.63. The third-order valence-corrected chi connectivity index (χ3v) is 3.90. The predicted octanol–water partition coefficient (Wildman–Crippen LogP) is 2.61. The average Bonchev–Trinajstić information content (AvgIpc) is 2.61. The van der Waals surface area contributed by atoms with Crippen molar-refractivity contribution in [3.63, 3.8) is 0 Å². The van der Waals surface area contributed by atoms with Gasteiger partial charge in [-0.15, -0.1) is 0 Å². The Morgan fingerprint density at radius 1 is 1.12 bits per heavy atom. The van der Waals surface area contributed by atoms with Crippen molar-refractivity contribution in [3.8, 4) is 5.75 Å². The van der Waals surface area contributed by atoms with Gasteiger partial charge in [-0.25, -0.2) is 9.69 Å². The molecule has 1 aliphatic rings.